The zero-order valence-corrected chi connectivity index (χ0v) is 12.3. The van der Waals surface area contributed by atoms with Crippen molar-refractivity contribution >= 4 is 17.7 Å². The number of hydrogen-bond donors (Lipinski definition) is 1. The molecule has 2 rings (SSSR count). The first-order valence-corrected chi connectivity index (χ1v) is 6.76. The zero-order valence-electron chi connectivity index (χ0n) is 12.3. The Morgan fingerprint density at radius 3 is 2.52 bits per heavy atom. The molecule has 1 heterocycles. The molecule has 1 N–H and O–H groups in total. The van der Waals surface area contributed by atoms with E-state index in [4.69, 9.17) is 4.74 Å². The van der Waals surface area contributed by atoms with Gasteiger partial charge in [0.25, 0.3) is 5.91 Å². The maximum Gasteiger partial charge on any atom is 0.325 e. The number of amides is 3. The van der Waals surface area contributed by atoms with Crippen molar-refractivity contribution in [3.63, 3.8) is 0 Å². The number of ketones is 1. The summed E-state index contributed by atoms with van der Waals surface area (Å²) in [6, 6.07) is 6.24. The van der Waals surface area contributed by atoms with Crippen molar-refractivity contribution in [2.24, 2.45) is 0 Å². The summed E-state index contributed by atoms with van der Waals surface area (Å²) in [6.45, 7) is 5.16. The molecule has 21 heavy (non-hydrogen) atoms. The van der Waals surface area contributed by atoms with Gasteiger partial charge in [-0.15, -0.1) is 0 Å². The first-order valence-electron chi connectivity index (χ1n) is 6.76. The highest BCUT2D eigenvalue weighted by Gasteiger charge is 2.44. The number of carbonyl (C=O) groups excluding carboxylic acids is 3. The molecule has 3 amide bonds. The average Bonchev–Trinajstić information content (AvgIpc) is 2.62. The molecule has 0 aromatic heterocycles. The van der Waals surface area contributed by atoms with Crippen molar-refractivity contribution in [3.05, 3.63) is 29.8 Å². The van der Waals surface area contributed by atoms with Crippen LogP contribution in [0, 0.1) is 0 Å². The van der Waals surface area contributed by atoms with Gasteiger partial charge >= 0.3 is 6.03 Å². The minimum Gasteiger partial charge on any atom is -0.493 e. The summed E-state index contributed by atoms with van der Waals surface area (Å²) >= 11 is 0. The van der Waals surface area contributed by atoms with Crippen molar-refractivity contribution in [2.75, 3.05) is 13.2 Å². The second-order valence-electron chi connectivity index (χ2n) is 5.30. The van der Waals surface area contributed by atoms with Gasteiger partial charge in [-0.1, -0.05) is 12.1 Å². The number of Topliss-reactive ketones (excluding diaryl/α,β-unsaturated/α-hetero) is 1. The van der Waals surface area contributed by atoms with Crippen LogP contribution in [-0.2, 0) is 4.79 Å². The van der Waals surface area contributed by atoms with Crippen LogP contribution in [0.25, 0.3) is 0 Å². The fourth-order valence-corrected chi connectivity index (χ4v) is 2.17. The van der Waals surface area contributed by atoms with E-state index in [1.54, 1.807) is 38.1 Å². The number of nitrogens with one attached hydrogen (secondary N) is 1. The number of nitrogens with zero attached hydrogens (tertiary/aromatic N) is 1. The monoisotopic (exact) mass is 290 g/mol. The fraction of sp³-hybridized carbons (Fsp3) is 0.400. The first-order chi connectivity index (χ1) is 9.86. The van der Waals surface area contributed by atoms with Gasteiger partial charge in [0, 0.05) is 0 Å². The molecule has 1 aromatic carbocycles. The molecule has 1 aliphatic heterocycles. The lowest BCUT2D eigenvalue weighted by molar-refractivity contribution is -0.129. The molecule has 0 atom stereocenters. The van der Waals surface area contributed by atoms with Crippen molar-refractivity contribution in [1.82, 2.24) is 10.2 Å². The summed E-state index contributed by atoms with van der Waals surface area (Å²) in [5.41, 5.74) is -0.610. The number of ether oxygens (including phenoxy) is 1. The first kappa shape index (κ1) is 15.0. The summed E-state index contributed by atoms with van der Waals surface area (Å²) in [5, 5.41) is 2.54. The van der Waals surface area contributed by atoms with Crippen LogP contribution in [0.15, 0.2) is 24.3 Å². The number of imide groups is 1. The molecular weight excluding hydrogens is 272 g/mol. The molecule has 0 unspecified atom stereocenters. The van der Waals surface area contributed by atoms with Crippen LogP contribution in [0.3, 0.4) is 0 Å². The molecule has 1 saturated heterocycles. The minimum atomic E-state index is -0.975. The van der Waals surface area contributed by atoms with E-state index in [0.717, 1.165) is 4.90 Å². The second-order valence-corrected chi connectivity index (χ2v) is 5.30. The van der Waals surface area contributed by atoms with E-state index in [1.807, 2.05) is 6.92 Å². The van der Waals surface area contributed by atoms with Crippen LogP contribution >= 0.6 is 0 Å². The van der Waals surface area contributed by atoms with Crippen molar-refractivity contribution in [2.45, 2.75) is 26.3 Å². The van der Waals surface area contributed by atoms with Crippen LogP contribution in [0.4, 0.5) is 4.79 Å². The van der Waals surface area contributed by atoms with Gasteiger partial charge < -0.3 is 10.1 Å². The lowest BCUT2D eigenvalue weighted by Crippen LogP contribution is -2.41. The van der Waals surface area contributed by atoms with Crippen molar-refractivity contribution in [3.8, 4) is 5.75 Å². The molecule has 1 aromatic rings. The number of rotatable bonds is 5. The number of para-hydroxylation sites is 1. The smallest absolute Gasteiger partial charge is 0.325 e. The second kappa shape index (κ2) is 5.55. The predicted molar refractivity (Wildman–Crippen MR) is 76.3 cm³/mol. The molecule has 0 saturated carbocycles. The lowest BCUT2D eigenvalue weighted by Gasteiger charge is -2.16. The van der Waals surface area contributed by atoms with Crippen LogP contribution in [0.2, 0.25) is 0 Å². The van der Waals surface area contributed by atoms with E-state index < -0.39 is 17.5 Å². The highest BCUT2D eigenvalue weighted by atomic mass is 16.5. The highest BCUT2D eigenvalue weighted by molar-refractivity contribution is 6.11. The van der Waals surface area contributed by atoms with Gasteiger partial charge in [-0.3, -0.25) is 14.5 Å². The third-order valence-corrected chi connectivity index (χ3v) is 3.23. The molecule has 112 valence electrons. The Hall–Kier alpha value is -2.37. The Labute approximate surface area is 123 Å². The fourth-order valence-electron chi connectivity index (χ4n) is 2.17. The number of urea groups is 1. The third kappa shape index (κ3) is 2.89. The van der Waals surface area contributed by atoms with Gasteiger partial charge in [0.1, 0.15) is 11.3 Å². The zero-order chi connectivity index (χ0) is 15.6. The Balaban J connectivity index is 2.19. The van der Waals surface area contributed by atoms with Crippen LogP contribution < -0.4 is 10.1 Å². The van der Waals surface area contributed by atoms with Crippen molar-refractivity contribution < 1.29 is 19.1 Å². The van der Waals surface area contributed by atoms with Crippen molar-refractivity contribution in [1.29, 1.82) is 0 Å². The maximum absolute atomic E-state index is 12.3. The molecule has 1 aliphatic rings. The van der Waals surface area contributed by atoms with Crippen LogP contribution in [0.1, 0.15) is 31.1 Å². The number of benzene rings is 1. The Kier molecular flexibility index (Phi) is 3.97. The molecule has 1 fully saturated rings. The van der Waals surface area contributed by atoms with Gasteiger partial charge in [0.15, 0.2) is 5.78 Å². The van der Waals surface area contributed by atoms with Gasteiger partial charge in [-0.2, -0.15) is 0 Å². The summed E-state index contributed by atoms with van der Waals surface area (Å²) in [4.78, 5) is 37.1. The third-order valence-electron chi connectivity index (χ3n) is 3.23. The van der Waals surface area contributed by atoms with Crippen LogP contribution in [-0.4, -0.2) is 41.3 Å². The van der Waals surface area contributed by atoms with E-state index >= 15 is 0 Å². The quantitative estimate of drug-likeness (QED) is 0.660. The number of carbonyl (C=O) groups is 3. The average molecular weight is 290 g/mol. The van der Waals surface area contributed by atoms with Gasteiger partial charge in [-0.25, -0.2) is 4.79 Å². The Morgan fingerprint density at radius 2 is 1.95 bits per heavy atom. The molecular formula is C15H18N2O4. The van der Waals surface area contributed by atoms with E-state index in [-0.39, 0.29) is 12.3 Å². The SMILES string of the molecule is CCOc1ccccc1C(=O)CN1C(=O)NC(C)(C)C1=O. The molecule has 0 spiro atoms. The van der Waals surface area contributed by atoms with Gasteiger partial charge in [-0.05, 0) is 32.9 Å². The van der Waals surface area contributed by atoms with Crippen LogP contribution in [0.5, 0.6) is 5.75 Å². The van der Waals surface area contributed by atoms with E-state index in [1.165, 1.54) is 0 Å². The normalized spacial score (nSPS) is 16.8. The standard InChI is InChI=1S/C15H18N2O4/c1-4-21-12-8-6-5-7-10(12)11(18)9-17-13(19)15(2,3)16-14(17)20/h5-8H,4,9H2,1-3H3,(H,16,20). The van der Waals surface area contributed by atoms with E-state index in [0.29, 0.717) is 17.9 Å². The summed E-state index contributed by atoms with van der Waals surface area (Å²) < 4.78 is 5.39. The largest absolute Gasteiger partial charge is 0.493 e. The van der Waals surface area contributed by atoms with Gasteiger partial charge in [0.2, 0.25) is 0 Å². The summed E-state index contributed by atoms with van der Waals surface area (Å²) in [5.74, 6) is -0.286. The molecule has 0 aliphatic carbocycles. The highest BCUT2D eigenvalue weighted by Crippen LogP contribution is 2.21. The minimum absolute atomic E-state index is 0.293. The lowest BCUT2D eigenvalue weighted by atomic mass is 10.1. The molecule has 6 nitrogen and oxygen atoms in total. The topological polar surface area (TPSA) is 75.7 Å². The van der Waals surface area contributed by atoms with E-state index in [9.17, 15) is 14.4 Å². The summed E-state index contributed by atoms with van der Waals surface area (Å²) in [7, 11) is 0. The predicted octanol–water partition coefficient (Wildman–Crippen LogP) is 1.60. The molecule has 6 heteroatoms. The number of hydrogen-bond acceptors (Lipinski definition) is 4. The molecule has 0 bridgehead atoms. The van der Waals surface area contributed by atoms with Gasteiger partial charge in [0.05, 0.1) is 18.7 Å². The Bertz CT molecular complexity index is 595. The molecule has 0 radical (unpaired) electrons. The summed E-state index contributed by atoms with van der Waals surface area (Å²) in [6.07, 6.45) is 0. The van der Waals surface area contributed by atoms with E-state index in [2.05, 4.69) is 5.32 Å². The Morgan fingerprint density at radius 1 is 1.29 bits per heavy atom. The maximum atomic E-state index is 12.3.